The molecule has 1 atom stereocenters. The molecule has 3 aromatic rings. The Hall–Kier alpha value is -3.93. The van der Waals surface area contributed by atoms with Gasteiger partial charge in [0.1, 0.15) is 11.5 Å². The smallest absolute Gasteiger partial charge is 0.295 e. The van der Waals surface area contributed by atoms with Crippen LogP contribution in [0.1, 0.15) is 36.6 Å². The molecule has 2 aromatic carbocycles. The van der Waals surface area contributed by atoms with Crippen LogP contribution < -0.4 is 4.74 Å². The molecule has 1 amide bonds. The number of benzene rings is 2. The minimum absolute atomic E-state index is 0.0188. The van der Waals surface area contributed by atoms with E-state index >= 15 is 0 Å². The fourth-order valence-electron chi connectivity index (χ4n) is 3.83. The molecule has 1 aromatic heterocycles. The molecule has 1 aliphatic heterocycles. The molecule has 6 nitrogen and oxygen atoms in total. The monoisotopic (exact) mass is 428 g/mol. The molecule has 6 heteroatoms. The predicted molar refractivity (Wildman–Crippen MR) is 121 cm³/mol. The number of ether oxygens (including phenoxy) is 1. The van der Waals surface area contributed by atoms with Crippen LogP contribution in [-0.2, 0) is 16.1 Å². The first-order valence-corrected chi connectivity index (χ1v) is 10.4. The lowest BCUT2D eigenvalue weighted by Crippen LogP contribution is -2.29. The summed E-state index contributed by atoms with van der Waals surface area (Å²) < 4.78 is 5.65. The largest absolute Gasteiger partial charge is 0.507 e. The molecule has 32 heavy (non-hydrogen) atoms. The van der Waals surface area contributed by atoms with Crippen molar-refractivity contribution in [3.63, 3.8) is 0 Å². The van der Waals surface area contributed by atoms with Crippen molar-refractivity contribution < 1.29 is 19.4 Å². The summed E-state index contributed by atoms with van der Waals surface area (Å²) in [5.74, 6) is -0.901. The molecular formula is C26H24N2O4. The van der Waals surface area contributed by atoms with Gasteiger partial charge in [0, 0.05) is 24.5 Å². The van der Waals surface area contributed by atoms with E-state index in [-0.39, 0.29) is 24.0 Å². The summed E-state index contributed by atoms with van der Waals surface area (Å²) in [4.78, 5) is 31.7. The van der Waals surface area contributed by atoms with Gasteiger partial charge in [-0.05, 0) is 55.3 Å². The number of likely N-dealkylation sites (tertiary alicyclic amines) is 1. The van der Waals surface area contributed by atoms with E-state index in [1.54, 1.807) is 42.7 Å². The van der Waals surface area contributed by atoms with E-state index in [1.807, 2.05) is 50.2 Å². The lowest BCUT2D eigenvalue weighted by molar-refractivity contribution is -0.140. The Balaban J connectivity index is 1.78. The molecule has 1 fully saturated rings. The summed E-state index contributed by atoms with van der Waals surface area (Å²) in [5.41, 5.74) is 2.06. The van der Waals surface area contributed by atoms with E-state index < -0.39 is 17.7 Å². The average molecular weight is 428 g/mol. The second kappa shape index (κ2) is 9.06. The number of Topliss-reactive ketones (excluding diaryl/α,β-unsaturated/α-hetero) is 1. The highest BCUT2D eigenvalue weighted by Crippen LogP contribution is 2.40. The van der Waals surface area contributed by atoms with Crippen molar-refractivity contribution in [2.24, 2.45) is 0 Å². The van der Waals surface area contributed by atoms with Gasteiger partial charge < -0.3 is 14.7 Å². The minimum atomic E-state index is -0.706. The lowest BCUT2D eigenvalue weighted by Gasteiger charge is -2.25. The van der Waals surface area contributed by atoms with Gasteiger partial charge in [0.2, 0.25) is 0 Å². The van der Waals surface area contributed by atoms with E-state index in [2.05, 4.69) is 4.98 Å². The molecule has 0 unspecified atom stereocenters. The molecule has 4 rings (SSSR count). The molecule has 1 N–H and O–H groups in total. The van der Waals surface area contributed by atoms with Crippen molar-refractivity contribution in [2.75, 3.05) is 0 Å². The first-order valence-electron chi connectivity index (χ1n) is 10.4. The van der Waals surface area contributed by atoms with Crippen molar-refractivity contribution in [1.29, 1.82) is 0 Å². The van der Waals surface area contributed by atoms with Gasteiger partial charge in [-0.15, -0.1) is 0 Å². The molecule has 0 radical (unpaired) electrons. The second-order valence-electron chi connectivity index (χ2n) is 7.89. The molecular weight excluding hydrogens is 404 g/mol. The van der Waals surface area contributed by atoms with Crippen LogP contribution >= 0.6 is 0 Å². The number of carbonyl (C=O) groups is 2. The molecule has 0 saturated carbocycles. The zero-order valence-corrected chi connectivity index (χ0v) is 17.9. The maximum atomic E-state index is 13.1. The van der Waals surface area contributed by atoms with Crippen LogP contribution in [0.5, 0.6) is 5.75 Å². The minimum Gasteiger partial charge on any atom is -0.507 e. The Bertz CT molecular complexity index is 1140. The number of aliphatic hydroxyl groups excluding tert-OH is 1. The number of nitrogens with zero attached hydrogens (tertiary/aromatic N) is 2. The average Bonchev–Trinajstić information content (AvgIpc) is 3.05. The third-order valence-electron chi connectivity index (χ3n) is 5.23. The summed E-state index contributed by atoms with van der Waals surface area (Å²) >= 11 is 0. The summed E-state index contributed by atoms with van der Waals surface area (Å²) in [5, 5.41) is 11.1. The fourth-order valence-corrected chi connectivity index (χ4v) is 3.83. The van der Waals surface area contributed by atoms with Crippen molar-refractivity contribution in [3.05, 3.63) is 101 Å². The molecule has 0 bridgehead atoms. The normalized spacial score (nSPS) is 17.7. The number of ketones is 1. The standard InChI is InChI=1S/C26H24N2O4/c1-17(2)32-21-12-10-20(11-13-21)24(29)22-23(19-8-4-3-5-9-19)28(26(31)25(22)30)16-18-7-6-14-27-15-18/h3-15,17,23,29H,16H2,1-2H3/b24-22+/t23-/m0/s1. The Morgan fingerprint density at radius 2 is 1.75 bits per heavy atom. The van der Waals surface area contributed by atoms with Crippen LogP contribution in [0.3, 0.4) is 0 Å². The number of hydrogen-bond donors (Lipinski definition) is 1. The van der Waals surface area contributed by atoms with Crippen LogP contribution in [0.15, 0.2) is 84.7 Å². The number of carbonyl (C=O) groups excluding carboxylic acids is 2. The summed E-state index contributed by atoms with van der Waals surface area (Å²) in [6.07, 6.45) is 3.33. The quantitative estimate of drug-likeness (QED) is 0.355. The maximum Gasteiger partial charge on any atom is 0.295 e. The van der Waals surface area contributed by atoms with E-state index in [4.69, 9.17) is 4.74 Å². The van der Waals surface area contributed by atoms with Gasteiger partial charge in [-0.25, -0.2) is 0 Å². The molecule has 2 heterocycles. The highest BCUT2D eigenvalue weighted by molar-refractivity contribution is 6.46. The van der Waals surface area contributed by atoms with Crippen LogP contribution in [0.2, 0.25) is 0 Å². The highest BCUT2D eigenvalue weighted by atomic mass is 16.5. The number of pyridine rings is 1. The van der Waals surface area contributed by atoms with Crippen LogP contribution in [-0.4, -0.2) is 32.8 Å². The third kappa shape index (κ3) is 4.25. The number of rotatable bonds is 6. The van der Waals surface area contributed by atoms with E-state index in [9.17, 15) is 14.7 Å². The van der Waals surface area contributed by atoms with Crippen molar-refractivity contribution in [3.8, 4) is 5.75 Å². The summed E-state index contributed by atoms with van der Waals surface area (Å²) in [6, 6.07) is 19.0. The topological polar surface area (TPSA) is 79.7 Å². The Morgan fingerprint density at radius 3 is 2.38 bits per heavy atom. The summed E-state index contributed by atoms with van der Waals surface area (Å²) in [7, 11) is 0. The van der Waals surface area contributed by atoms with Gasteiger partial charge in [0.15, 0.2) is 0 Å². The van der Waals surface area contributed by atoms with Gasteiger partial charge in [-0.3, -0.25) is 14.6 Å². The summed E-state index contributed by atoms with van der Waals surface area (Å²) in [6.45, 7) is 4.06. The van der Waals surface area contributed by atoms with Crippen LogP contribution in [0.4, 0.5) is 0 Å². The molecule has 1 saturated heterocycles. The van der Waals surface area contributed by atoms with E-state index in [1.165, 1.54) is 4.90 Å². The van der Waals surface area contributed by atoms with Gasteiger partial charge in [-0.1, -0.05) is 36.4 Å². The van der Waals surface area contributed by atoms with Crippen molar-refractivity contribution >= 4 is 17.4 Å². The van der Waals surface area contributed by atoms with Crippen molar-refractivity contribution in [1.82, 2.24) is 9.88 Å². The Labute approximate surface area is 186 Å². The molecule has 162 valence electrons. The maximum absolute atomic E-state index is 13.1. The zero-order valence-electron chi connectivity index (χ0n) is 17.9. The van der Waals surface area contributed by atoms with Gasteiger partial charge in [0.25, 0.3) is 11.7 Å². The van der Waals surface area contributed by atoms with Gasteiger partial charge in [-0.2, -0.15) is 0 Å². The Kier molecular flexibility index (Phi) is 6.03. The predicted octanol–water partition coefficient (Wildman–Crippen LogP) is 4.49. The first-order chi connectivity index (χ1) is 15.5. The van der Waals surface area contributed by atoms with E-state index in [0.717, 1.165) is 11.1 Å². The highest BCUT2D eigenvalue weighted by Gasteiger charge is 2.46. The Morgan fingerprint density at radius 1 is 1.03 bits per heavy atom. The van der Waals surface area contributed by atoms with Crippen LogP contribution in [0, 0.1) is 0 Å². The zero-order chi connectivity index (χ0) is 22.7. The fraction of sp³-hybridized carbons (Fsp3) is 0.192. The second-order valence-corrected chi connectivity index (χ2v) is 7.89. The lowest BCUT2D eigenvalue weighted by atomic mass is 9.95. The third-order valence-corrected chi connectivity index (χ3v) is 5.23. The molecule has 1 aliphatic rings. The van der Waals surface area contributed by atoms with Gasteiger partial charge >= 0.3 is 0 Å². The molecule has 0 aliphatic carbocycles. The molecule has 0 spiro atoms. The number of hydrogen-bond acceptors (Lipinski definition) is 5. The number of aromatic nitrogens is 1. The first kappa shape index (κ1) is 21.3. The number of amides is 1. The van der Waals surface area contributed by atoms with Crippen molar-refractivity contribution in [2.45, 2.75) is 32.5 Å². The number of aliphatic hydroxyl groups is 1. The van der Waals surface area contributed by atoms with E-state index in [0.29, 0.717) is 11.3 Å². The SMILES string of the molecule is CC(C)Oc1ccc(/C(O)=C2\C(=O)C(=O)N(Cc3cccnc3)[C@H]2c2ccccc2)cc1. The van der Waals surface area contributed by atoms with Crippen LogP contribution in [0.25, 0.3) is 5.76 Å². The van der Waals surface area contributed by atoms with Gasteiger partial charge in [0.05, 0.1) is 17.7 Å².